The minimum absolute atomic E-state index is 0.160. The number of anilines is 2. The van der Waals surface area contributed by atoms with Gasteiger partial charge in [0.2, 0.25) is 5.43 Å². The Labute approximate surface area is 163 Å². The van der Waals surface area contributed by atoms with Crippen molar-refractivity contribution in [3.63, 3.8) is 0 Å². The first-order valence-electron chi connectivity index (χ1n) is 9.53. The first-order chi connectivity index (χ1) is 13.8. The maximum absolute atomic E-state index is 15.8. The van der Waals surface area contributed by atoms with Crippen LogP contribution in [0.15, 0.2) is 11.0 Å². The van der Waals surface area contributed by atoms with Crippen molar-refractivity contribution in [1.82, 2.24) is 4.57 Å². The van der Waals surface area contributed by atoms with Crippen LogP contribution >= 0.6 is 0 Å². The fraction of sp³-hybridized carbons (Fsp3) is 0.474. The lowest BCUT2D eigenvalue weighted by molar-refractivity contribution is 0.0694. The summed E-state index contributed by atoms with van der Waals surface area (Å²) in [6.45, 7) is 0.635. The number of nitrogens with zero attached hydrogens (tertiary/aromatic N) is 2. The molecular weight excluding hydrogens is 386 g/mol. The highest BCUT2D eigenvalue weighted by molar-refractivity contribution is 5.99. The van der Waals surface area contributed by atoms with E-state index in [0.29, 0.717) is 25.9 Å². The molecule has 2 saturated heterocycles. The van der Waals surface area contributed by atoms with Gasteiger partial charge in [-0.05, 0) is 19.3 Å². The third-order valence-electron chi connectivity index (χ3n) is 6.16. The summed E-state index contributed by atoms with van der Waals surface area (Å²) in [5.41, 5.74) is 9.46. The Kier molecular flexibility index (Phi) is 3.88. The van der Waals surface area contributed by atoms with E-state index in [2.05, 4.69) is 0 Å². The average Bonchev–Trinajstić information content (AvgIpc) is 3.31. The molecular formula is C19H20F2N4O4. The highest BCUT2D eigenvalue weighted by atomic mass is 19.1. The number of halogens is 2. The number of carboxylic acids is 1. The van der Waals surface area contributed by atoms with E-state index in [-0.39, 0.29) is 35.9 Å². The average molecular weight is 406 g/mol. The van der Waals surface area contributed by atoms with Gasteiger partial charge in [-0.25, -0.2) is 13.6 Å². The lowest BCUT2D eigenvalue weighted by Crippen LogP contribution is -2.35. The Morgan fingerprint density at radius 2 is 1.97 bits per heavy atom. The van der Waals surface area contributed by atoms with Crippen molar-refractivity contribution in [2.75, 3.05) is 23.8 Å². The van der Waals surface area contributed by atoms with Crippen LogP contribution < -0.4 is 21.8 Å². The standard InChI is InChI=1S/C19H20F2N4O4/c20-12-14(23)11-15(24(7-1-2-7)5-8(17(11)26)19(27)28)13(21)16(12)25-6-9(22)18-10(25)3-4-29-18/h5,7,9-10,18H,1-4,6,22-23H2,(H,27,28)/t9-,10+,18+/m0/s1. The summed E-state index contributed by atoms with van der Waals surface area (Å²) in [7, 11) is 0. The van der Waals surface area contributed by atoms with E-state index in [1.54, 1.807) is 0 Å². The molecule has 1 aromatic carbocycles. The molecule has 1 aliphatic carbocycles. The highest BCUT2D eigenvalue weighted by Crippen LogP contribution is 2.43. The van der Waals surface area contributed by atoms with Crippen molar-refractivity contribution < 1.29 is 23.4 Å². The zero-order chi connectivity index (χ0) is 20.6. The van der Waals surface area contributed by atoms with Crippen molar-refractivity contribution in [1.29, 1.82) is 0 Å². The molecule has 0 bridgehead atoms. The van der Waals surface area contributed by atoms with Crippen LogP contribution in [-0.2, 0) is 4.74 Å². The molecule has 0 amide bonds. The quantitative estimate of drug-likeness (QED) is 0.655. The second kappa shape index (κ2) is 6.14. The zero-order valence-electron chi connectivity index (χ0n) is 15.4. The summed E-state index contributed by atoms with van der Waals surface area (Å²) in [6, 6.07) is -0.852. The fourth-order valence-electron chi connectivity index (χ4n) is 4.66. The molecule has 10 heteroatoms. The third kappa shape index (κ3) is 2.48. The molecule has 5 rings (SSSR count). The molecule has 2 aliphatic heterocycles. The number of nitrogens with two attached hydrogens (primary N) is 2. The molecule has 2 aromatic rings. The summed E-state index contributed by atoms with van der Waals surface area (Å²) in [5.74, 6) is -3.46. The van der Waals surface area contributed by atoms with Gasteiger partial charge >= 0.3 is 5.97 Å². The van der Waals surface area contributed by atoms with Gasteiger partial charge in [-0.15, -0.1) is 0 Å². The molecule has 0 spiro atoms. The van der Waals surface area contributed by atoms with Crippen LogP contribution in [0, 0.1) is 11.6 Å². The third-order valence-corrected chi connectivity index (χ3v) is 6.16. The van der Waals surface area contributed by atoms with Gasteiger partial charge in [-0.3, -0.25) is 4.79 Å². The predicted octanol–water partition coefficient (Wildman–Crippen LogP) is 1.20. The number of carboxylic acid groups (broad SMARTS) is 1. The van der Waals surface area contributed by atoms with Crippen LogP contribution in [0.1, 0.15) is 35.7 Å². The van der Waals surface area contributed by atoms with E-state index in [4.69, 9.17) is 16.2 Å². The Hall–Kier alpha value is -2.72. The van der Waals surface area contributed by atoms with Crippen LogP contribution in [0.5, 0.6) is 0 Å². The van der Waals surface area contributed by atoms with Crippen molar-refractivity contribution >= 4 is 28.2 Å². The second-order valence-electron chi connectivity index (χ2n) is 7.94. The zero-order valence-corrected chi connectivity index (χ0v) is 15.4. The van der Waals surface area contributed by atoms with Gasteiger partial charge in [-0.1, -0.05) is 0 Å². The van der Waals surface area contributed by atoms with Crippen LogP contribution in [0.3, 0.4) is 0 Å². The maximum atomic E-state index is 15.8. The molecule has 3 fully saturated rings. The minimum Gasteiger partial charge on any atom is -0.477 e. The van der Waals surface area contributed by atoms with Crippen LogP contribution in [-0.4, -0.2) is 47.0 Å². The van der Waals surface area contributed by atoms with Crippen LogP contribution in [0.25, 0.3) is 10.9 Å². The van der Waals surface area contributed by atoms with Gasteiger partial charge in [0.05, 0.1) is 34.8 Å². The number of ether oxygens (including phenoxy) is 1. The summed E-state index contributed by atoms with van der Waals surface area (Å²) in [5, 5.41) is 8.93. The normalized spacial score (nSPS) is 26.3. The lowest BCUT2D eigenvalue weighted by atomic mass is 10.0. The molecule has 0 radical (unpaired) electrons. The van der Waals surface area contributed by atoms with Gasteiger partial charge in [0.1, 0.15) is 11.3 Å². The fourth-order valence-corrected chi connectivity index (χ4v) is 4.66. The number of aromatic nitrogens is 1. The molecule has 1 aromatic heterocycles. The molecule has 0 unspecified atom stereocenters. The van der Waals surface area contributed by atoms with Crippen molar-refractivity contribution in [2.45, 2.75) is 43.5 Å². The van der Waals surface area contributed by atoms with Crippen molar-refractivity contribution in [2.24, 2.45) is 5.73 Å². The summed E-state index contributed by atoms with van der Waals surface area (Å²) < 4.78 is 38.1. The monoisotopic (exact) mass is 406 g/mol. The van der Waals surface area contributed by atoms with E-state index in [9.17, 15) is 14.7 Å². The van der Waals surface area contributed by atoms with E-state index >= 15 is 8.78 Å². The largest absolute Gasteiger partial charge is 0.477 e. The lowest BCUT2D eigenvalue weighted by Gasteiger charge is -2.27. The smallest absolute Gasteiger partial charge is 0.341 e. The first kappa shape index (κ1) is 18.3. The topological polar surface area (TPSA) is 124 Å². The molecule has 3 aliphatic rings. The van der Waals surface area contributed by atoms with Crippen LogP contribution in [0.2, 0.25) is 0 Å². The number of aromatic carboxylic acids is 1. The number of hydrogen-bond donors (Lipinski definition) is 3. The maximum Gasteiger partial charge on any atom is 0.341 e. The van der Waals surface area contributed by atoms with E-state index in [1.807, 2.05) is 0 Å². The summed E-state index contributed by atoms with van der Waals surface area (Å²) in [4.78, 5) is 25.7. The summed E-state index contributed by atoms with van der Waals surface area (Å²) >= 11 is 0. The molecule has 8 nitrogen and oxygen atoms in total. The molecule has 5 N–H and O–H groups in total. The van der Waals surface area contributed by atoms with Gasteiger partial charge in [0, 0.05) is 25.4 Å². The molecule has 3 heterocycles. The number of pyridine rings is 1. The Morgan fingerprint density at radius 3 is 2.62 bits per heavy atom. The number of hydrogen-bond acceptors (Lipinski definition) is 6. The van der Waals surface area contributed by atoms with Gasteiger partial charge in [0.25, 0.3) is 0 Å². The van der Waals surface area contributed by atoms with Crippen LogP contribution in [0.4, 0.5) is 20.2 Å². The van der Waals surface area contributed by atoms with Crippen molar-refractivity contribution in [3.05, 3.63) is 33.6 Å². The van der Waals surface area contributed by atoms with Crippen molar-refractivity contribution in [3.8, 4) is 0 Å². The minimum atomic E-state index is -1.47. The van der Waals surface area contributed by atoms with Gasteiger partial charge in [0.15, 0.2) is 11.6 Å². The highest BCUT2D eigenvalue weighted by Gasteiger charge is 2.46. The number of rotatable bonds is 3. The predicted molar refractivity (Wildman–Crippen MR) is 101 cm³/mol. The second-order valence-corrected chi connectivity index (χ2v) is 7.94. The molecule has 154 valence electrons. The van der Waals surface area contributed by atoms with E-state index in [1.165, 1.54) is 9.47 Å². The number of fused-ring (bicyclic) bond motifs is 2. The van der Waals surface area contributed by atoms with E-state index in [0.717, 1.165) is 6.20 Å². The first-order valence-corrected chi connectivity index (χ1v) is 9.53. The Morgan fingerprint density at radius 1 is 1.24 bits per heavy atom. The summed E-state index contributed by atoms with van der Waals surface area (Å²) in [6.07, 6.45) is 2.78. The number of carbonyl (C=O) groups is 1. The number of benzene rings is 1. The van der Waals surface area contributed by atoms with Gasteiger partial charge in [-0.2, -0.15) is 0 Å². The Bertz CT molecular complexity index is 1110. The molecule has 1 saturated carbocycles. The number of nitrogen functional groups attached to an aromatic ring is 1. The molecule has 3 atom stereocenters. The van der Waals surface area contributed by atoms with E-state index < -0.39 is 45.7 Å². The van der Waals surface area contributed by atoms with Gasteiger partial charge < -0.3 is 30.8 Å². The SMILES string of the molecule is Nc1c(F)c(N2C[C@H](N)[C@H]3OCC[C@H]32)c(F)c2c1c(=O)c(C(=O)O)cn2C1CC1. The molecule has 29 heavy (non-hydrogen) atoms. The Balaban J connectivity index is 1.82.